The zero-order valence-electron chi connectivity index (χ0n) is 9.77. The van der Waals surface area contributed by atoms with Crippen LogP contribution in [0.5, 0.6) is 0 Å². The summed E-state index contributed by atoms with van der Waals surface area (Å²) in [6.45, 7) is 4.04. The molecule has 0 saturated heterocycles. The predicted octanol–water partition coefficient (Wildman–Crippen LogP) is 3.09. The lowest BCUT2D eigenvalue weighted by Crippen LogP contribution is -2.12. The molecule has 0 spiro atoms. The molecule has 1 atom stereocenters. The van der Waals surface area contributed by atoms with E-state index in [2.05, 4.69) is 6.92 Å². The van der Waals surface area contributed by atoms with Gasteiger partial charge in [0.05, 0.1) is 4.92 Å². The maximum Gasteiger partial charge on any atom is 0.269 e. The maximum absolute atomic E-state index is 10.7. The van der Waals surface area contributed by atoms with Crippen molar-refractivity contribution in [2.75, 3.05) is 0 Å². The third-order valence-electron chi connectivity index (χ3n) is 2.74. The van der Waals surface area contributed by atoms with Gasteiger partial charge in [-0.3, -0.25) is 10.1 Å². The monoisotopic (exact) mass is 222 g/mol. The normalized spacial score (nSPS) is 12.4. The Hall–Kier alpha value is -1.42. The Morgan fingerprint density at radius 3 is 2.75 bits per heavy atom. The minimum atomic E-state index is -0.379. The molecule has 0 fully saturated rings. The van der Waals surface area contributed by atoms with Gasteiger partial charge in [0.15, 0.2) is 0 Å². The fourth-order valence-electron chi connectivity index (χ4n) is 1.72. The lowest BCUT2D eigenvalue weighted by Gasteiger charge is -2.13. The van der Waals surface area contributed by atoms with Gasteiger partial charge in [0.1, 0.15) is 0 Å². The van der Waals surface area contributed by atoms with E-state index in [9.17, 15) is 10.1 Å². The van der Waals surface area contributed by atoms with Crippen molar-refractivity contribution in [1.82, 2.24) is 0 Å². The van der Waals surface area contributed by atoms with Crippen LogP contribution in [0.3, 0.4) is 0 Å². The van der Waals surface area contributed by atoms with Gasteiger partial charge in [-0.1, -0.05) is 25.8 Å². The Morgan fingerprint density at radius 2 is 2.19 bits per heavy atom. The summed E-state index contributed by atoms with van der Waals surface area (Å²) in [5, 5.41) is 10.7. The van der Waals surface area contributed by atoms with Crippen molar-refractivity contribution in [2.45, 2.75) is 39.2 Å². The molecule has 0 amide bonds. The molecule has 1 aromatic rings. The lowest BCUT2D eigenvalue weighted by molar-refractivity contribution is -0.384. The van der Waals surface area contributed by atoms with Gasteiger partial charge in [-0.25, -0.2) is 0 Å². The van der Waals surface area contributed by atoms with Gasteiger partial charge in [-0.2, -0.15) is 0 Å². The second-order valence-electron chi connectivity index (χ2n) is 4.05. The molecule has 0 heterocycles. The number of rotatable bonds is 5. The average Bonchev–Trinajstić information content (AvgIpc) is 2.26. The zero-order chi connectivity index (χ0) is 12.1. The minimum absolute atomic E-state index is 0.0974. The molecular formula is C12H18N2O2. The molecule has 4 heteroatoms. The van der Waals surface area contributed by atoms with Gasteiger partial charge >= 0.3 is 0 Å². The third-order valence-corrected chi connectivity index (χ3v) is 2.74. The van der Waals surface area contributed by atoms with Gasteiger partial charge in [0, 0.05) is 18.2 Å². The summed E-state index contributed by atoms with van der Waals surface area (Å²) in [7, 11) is 0. The molecular weight excluding hydrogens is 204 g/mol. The van der Waals surface area contributed by atoms with Crippen molar-refractivity contribution in [2.24, 2.45) is 5.73 Å². The number of non-ortho nitro benzene ring substituents is 1. The number of nitro benzene ring substituents is 1. The standard InChI is InChI=1S/C12H18N2O2/c1-3-4-5-12(13)11-8-10(14(15)16)7-6-9(11)2/h6-8,12H,3-5,13H2,1-2H3. The number of hydrogen-bond acceptors (Lipinski definition) is 3. The number of nitrogens with two attached hydrogens (primary N) is 1. The van der Waals surface area contributed by atoms with E-state index in [-0.39, 0.29) is 16.7 Å². The smallest absolute Gasteiger partial charge is 0.269 e. The quantitative estimate of drug-likeness (QED) is 0.614. The van der Waals surface area contributed by atoms with E-state index in [4.69, 9.17) is 5.73 Å². The Kier molecular flexibility index (Phi) is 4.43. The van der Waals surface area contributed by atoms with Crippen molar-refractivity contribution >= 4 is 5.69 Å². The highest BCUT2D eigenvalue weighted by atomic mass is 16.6. The van der Waals surface area contributed by atoms with Gasteiger partial charge in [0.25, 0.3) is 5.69 Å². The molecule has 1 aromatic carbocycles. The number of nitrogens with zero attached hydrogens (tertiary/aromatic N) is 1. The fourth-order valence-corrected chi connectivity index (χ4v) is 1.72. The Balaban J connectivity index is 2.92. The summed E-state index contributed by atoms with van der Waals surface area (Å²) in [5.41, 5.74) is 8.06. The van der Waals surface area contributed by atoms with E-state index in [1.165, 1.54) is 6.07 Å². The number of unbranched alkanes of at least 4 members (excludes halogenated alkanes) is 1. The fraction of sp³-hybridized carbons (Fsp3) is 0.500. The SMILES string of the molecule is CCCCC(N)c1cc([N+](=O)[O-])ccc1C. The molecule has 1 rings (SSSR count). The molecule has 0 radical (unpaired) electrons. The molecule has 16 heavy (non-hydrogen) atoms. The molecule has 0 aliphatic heterocycles. The predicted molar refractivity (Wildman–Crippen MR) is 64.3 cm³/mol. The first-order chi connectivity index (χ1) is 7.56. The van der Waals surface area contributed by atoms with Crippen LogP contribution in [0.25, 0.3) is 0 Å². The van der Waals surface area contributed by atoms with E-state index in [0.717, 1.165) is 30.4 Å². The van der Waals surface area contributed by atoms with Gasteiger partial charge in [0.2, 0.25) is 0 Å². The van der Waals surface area contributed by atoms with Crippen molar-refractivity contribution in [1.29, 1.82) is 0 Å². The molecule has 4 nitrogen and oxygen atoms in total. The van der Waals surface area contributed by atoms with Gasteiger partial charge in [-0.05, 0) is 24.5 Å². The van der Waals surface area contributed by atoms with E-state index < -0.39 is 0 Å². The summed E-state index contributed by atoms with van der Waals surface area (Å²) in [5.74, 6) is 0. The van der Waals surface area contributed by atoms with Crippen LogP contribution in [0.2, 0.25) is 0 Å². The Bertz CT molecular complexity index is 377. The molecule has 0 aliphatic rings. The maximum atomic E-state index is 10.7. The highest BCUT2D eigenvalue weighted by Gasteiger charge is 2.13. The number of aryl methyl sites for hydroxylation is 1. The highest BCUT2D eigenvalue weighted by molar-refractivity contribution is 5.40. The molecule has 0 bridgehead atoms. The number of hydrogen-bond donors (Lipinski definition) is 1. The van der Waals surface area contributed by atoms with Crippen molar-refractivity contribution in [3.63, 3.8) is 0 Å². The first-order valence-electron chi connectivity index (χ1n) is 5.56. The molecule has 1 unspecified atom stereocenters. The van der Waals surface area contributed by atoms with Crippen LogP contribution < -0.4 is 5.73 Å². The summed E-state index contributed by atoms with van der Waals surface area (Å²) in [6.07, 6.45) is 3.00. The molecule has 0 aliphatic carbocycles. The van der Waals surface area contributed by atoms with Crippen LogP contribution in [0.4, 0.5) is 5.69 Å². The van der Waals surface area contributed by atoms with Crippen LogP contribution in [0.1, 0.15) is 43.4 Å². The summed E-state index contributed by atoms with van der Waals surface area (Å²) < 4.78 is 0. The first kappa shape index (κ1) is 12.6. The zero-order valence-corrected chi connectivity index (χ0v) is 9.77. The molecule has 88 valence electrons. The van der Waals surface area contributed by atoms with Crippen LogP contribution in [-0.2, 0) is 0 Å². The number of benzene rings is 1. The van der Waals surface area contributed by atoms with Crippen LogP contribution in [0, 0.1) is 17.0 Å². The van der Waals surface area contributed by atoms with Crippen molar-refractivity contribution in [3.05, 3.63) is 39.4 Å². The van der Waals surface area contributed by atoms with E-state index in [1.807, 2.05) is 6.92 Å². The van der Waals surface area contributed by atoms with E-state index >= 15 is 0 Å². The summed E-state index contributed by atoms with van der Waals surface area (Å²) in [4.78, 5) is 10.3. The topological polar surface area (TPSA) is 69.2 Å². The average molecular weight is 222 g/mol. The molecule has 0 aromatic heterocycles. The largest absolute Gasteiger partial charge is 0.324 e. The summed E-state index contributed by atoms with van der Waals surface area (Å²) in [6, 6.07) is 4.78. The highest BCUT2D eigenvalue weighted by Crippen LogP contribution is 2.24. The van der Waals surface area contributed by atoms with E-state index in [1.54, 1.807) is 12.1 Å². The molecule has 0 saturated carbocycles. The van der Waals surface area contributed by atoms with Gasteiger partial charge in [-0.15, -0.1) is 0 Å². The number of nitro groups is 1. The summed E-state index contributed by atoms with van der Waals surface area (Å²) >= 11 is 0. The van der Waals surface area contributed by atoms with Crippen LogP contribution >= 0.6 is 0 Å². The lowest BCUT2D eigenvalue weighted by atomic mass is 9.97. The van der Waals surface area contributed by atoms with Crippen LogP contribution in [-0.4, -0.2) is 4.92 Å². The second-order valence-corrected chi connectivity index (χ2v) is 4.05. The third kappa shape index (κ3) is 3.03. The Labute approximate surface area is 95.6 Å². The minimum Gasteiger partial charge on any atom is -0.324 e. The Morgan fingerprint density at radius 1 is 1.50 bits per heavy atom. The van der Waals surface area contributed by atoms with Gasteiger partial charge < -0.3 is 5.73 Å². The van der Waals surface area contributed by atoms with E-state index in [0.29, 0.717) is 0 Å². The van der Waals surface area contributed by atoms with Crippen molar-refractivity contribution in [3.8, 4) is 0 Å². The molecule has 2 N–H and O–H groups in total. The second kappa shape index (κ2) is 5.61. The first-order valence-corrected chi connectivity index (χ1v) is 5.56. The van der Waals surface area contributed by atoms with Crippen LogP contribution in [0.15, 0.2) is 18.2 Å². The van der Waals surface area contributed by atoms with Crippen molar-refractivity contribution < 1.29 is 4.92 Å².